The summed E-state index contributed by atoms with van der Waals surface area (Å²) in [7, 11) is 0. The Kier molecular flexibility index (Phi) is 4.01. The molecule has 18 heavy (non-hydrogen) atoms. The first-order chi connectivity index (χ1) is 8.58. The normalized spacial score (nSPS) is 18.1. The Bertz CT molecular complexity index is 512. The van der Waals surface area contributed by atoms with Crippen LogP contribution >= 0.6 is 0 Å². The van der Waals surface area contributed by atoms with Gasteiger partial charge in [-0.15, -0.1) is 0 Å². The summed E-state index contributed by atoms with van der Waals surface area (Å²) in [6.07, 6.45) is 8.73. The Labute approximate surface area is 105 Å². The molecule has 1 saturated carbocycles. The zero-order valence-corrected chi connectivity index (χ0v) is 10.1. The Morgan fingerprint density at radius 2 is 2.00 bits per heavy atom. The number of H-pyrrole nitrogens is 1. The molecule has 1 aliphatic carbocycles. The fourth-order valence-electron chi connectivity index (χ4n) is 1.82. The van der Waals surface area contributed by atoms with E-state index in [0.717, 1.165) is 5.92 Å². The van der Waals surface area contributed by atoms with Crippen LogP contribution in [-0.4, -0.2) is 20.8 Å². The monoisotopic (exact) mass is 247 g/mol. The third-order valence-corrected chi connectivity index (χ3v) is 2.91. The molecule has 2 rings (SSSR count). The van der Waals surface area contributed by atoms with Crippen LogP contribution in [-0.2, 0) is 6.54 Å². The summed E-state index contributed by atoms with van der Waals surface area (Å²) in [5.74, 6) is 0.837. The van der Waals surface area contributed by atoms with Crippen molar-refractivity contribution in [3.8, 4) is 0 Å². The number of nitrogens with one attached hydrogen (secondary N) is 1. The van der Waals surface area contributed by atoms with Crippen molar-refractivity contribution in [1.82, 2.24) is 9.55 Å². The highest BCUT2D eigenvalue weighted by Crippen LogP contribution is 2.27. The van der Waals surface area contributed by atoms with Gasteiger partial charge in [-0.3, -0.25) is 9.78 Å². The summed E-state index contributed by atoms with van der Waals surface area (Å²) in [4.78, 5) is 25.0. The van der Waals surface area contributed by atoms with Crippen molar-refractivity contribution in [3.05, 3.63) is 64.2 Å². The number of aliphatic hydroxyl groups is 1. The maximum atomic E-state index is 11.5. The maximum absolute atomic E-state index is 11.5. The summed E-state index contributed by atoms with van der Waals surface area (Å²) in [5.41, 5.74) is -0.328. The predicted molar refractivity (Wildman–Crippen MR) is 67.1 cm³/mol. The molecule has 2 N–H and O–H groups in total. The van der Waals surface area contributed by atoms with E-state index in [9.17, 15) is 14.7 Å². The number of hydrogen-bond donors (Lipinski definition) is 2. The van der Waals surface area contributed by atoms with E-state index in [0.29, 0.717) is 18.5 Å². The number of hydrogen-bond acceptors (Lipinski definition) is 3. The molecule has 0 aromatic carbocycles. The molecular weight excluding hydrogens is 232 g/mol. The van der Waals surface area contributed by atoms with Crippen LogP contribution < -0.4 is 11.2 Å². The highest BCUT2D eigenvalue weighted by Gasteiger charge is 2.24. The van der Waals surface area contributed by atoms with Crippen molar-refractivity contribution in [2.75, 3.05) is 0 Å². The van der Waals surface area contributed by atoms with Gasteiger partial charge in [0.15, 0.2) is 0 Å². The van der Waals surface area contributed by atoms with E-state index in [2.05, 4.69) is 4.98 Å². The minimum absolute atomic E-state index is 0.364. The predicted octanol–water partition coefficient (Wildman–Crippen LogP) is 0.00127. The third-order valence-electron chi connectivity index (χ3n) is 2.91. The van der Waals surface area contributed by atoms with Gasteiger partial charge < -0.3 is 9.67 Å². The number of rotatable bonds is 4. The van der Waals surface area contributed by atoms with Gasteiger partial charge in [0.1, 0.15) is 0 Å². The summed E-state index contributed by atoms with van der Waals surface area (Å²) in [6, 6.07) is 0. The zero-order valence-electron chi connectivity index (χ0n) is 10.1. The molecule has 1 aromatic rings. The molecule has 0 amide bonds. The quantitative estimate of drug-likeness (QED) is 0.786. The molecular formula is C13H15N2O3. The lowest BCUT2D eigenvalue weighted by Crippen LogP contribution is -2.32. The van der Waals surface area contributed by atoms with Gasteiger partial charge in [0.05, 0.1) is 6.10 Å². The fraction of sp³-hybridized carbons (Fsp3) is 0.308. The lowest BCUT2D eigenvalue weighted by Gasteiger charge is -2.16. The maximum Gasteiger partial charge on any atom is 0.328 e. The minimum Gasteiger partial charge on any atom is -0.392 e. The summed E-state index contributed by atoms with van der Waals surface area (Å²) in [6.45, 7) is 2.01. The van der Waals surface area contributed by atoms with Crippen molar-refractivity contribution in [2.24, 2.45) is 0 Å². The minimum atomic E-state index is -0.598. The largest absolute Gasteiger partial charge is 0.392 e. The van der Waals surface area contributed by atoms with E-state index >= 15 is 0 Å². The fourth-order valence-corrected chi connectivity index (χ4v) is 1.82. The van der Waals surface area contributed by atoms with Gasteiger partial charge in [-0.1, -0.05) is 0 Å². The Morgan fingerprint density at radius 1 is 1.33 bits per heavy atom. The van der Waals surface area contributed by atoms with Gasteiger partial charge in [-0.2, -0.15) is 0 Å². The van der Waals surface area contributed by atoms with Crippen LogP contribution in [0.5, 0.6) is 0 Å². The van der Waals surface area contributed by atoms with E-state index < -0.39 is 11.8 Å². The number of aliphatic hydroxyl groups excluding tert-OH is 1. The average Bonchev–Trinajstić information content (AvgIpc) is 2.85. The molecule has 5 heteroatoms. The van der Waals surface area contributed by atoms with Crippen molar-refractivity contribution in [2.45, 2.75) is 26.0 Å². The van der Waals surface area contributed by atoms with E-state index in [1.165, 1.54) is 10.8 Å². The van der Waals surface area contributed by atoms with E-state index in [1.54, 1.807) is 6.92 Å². The molecule has 5 nitrogen and oxygen atoms in total. The van der Waals surface area contributed by atoms with Crippen LogP contribution in [0.1, 0.15) is 12.0 Å². The zero-order chi connectivity index (χ0) is 13.1. The molecule has 0 spiro atoms. The molecule has 1 unspecified atom stereocenters. The molecule has 0 bridgehead atoms. The number of aromatic amines is 1. The van der Waals surface area contributed by atoms with Gasteiger partial charge >= 0.3 is 5.69 Å². The molecule has 1 atom stereocenters. The molecule has 0 saturated heterocycles. The first-order valence-corrected chi connectivity index (χ1v) is 5.78. The second-order valence-electron chi connectivity index (χ2n) is 4.29. The van der Waals surface area contributed by atoms with E-state index in [-0.39, 0.29) is 5.56 Å². The lowest BCUT2D eigenvalue weighted by atomic mass is 9.98. The molecule has 1 aromatic heterocycles. The van der Waals surface area contributed by atoms with Gasteiger partial charge in [-0.25, -0.2) is 4.79 Å². The number of nitrogens with zero attached hydrogens (tertiary/aromatic N) is 1. The van der Waals surface area contributed by atoms with Crippen LogP contribution in [0, 0.1) is 38.5 Å². The molecule has 1 fully saturated rings. The first kappa shape index (κ1) is 13.1. The molecule has 1 aliphatic rings. The Hall–Kier alpha value is -1.36. The summed E-state index contributed by atoms with van der Waals surface area (Å²) >= 11 is 0. The van der Waals surface area contributed by atoms with Crippen LogP contribution in [0.15, 0.2) is 15.8 Å². The van der Waals surface area contributed by atoms with Gasteiger partial charge in [0.2, 0.25) is 0 Å². The third kappa shape index (κ3) is 2.90. The highest BCUT2D eigenvalue weighted by atomic mass is 16.3. The lowest BCUT2D eigenvalue weighted by molar-refractivity contribution is 0.178. The van der Waals surface area contributed by atoms with Crippen LogP contribution in [0.25, 0.3) is 0 Å². The second-order valence-corrected chi connectivity index (χ2v) is 4.29. The summed E-state index contributed by atoms with van der Waals surface area (Å²) < 4.78 is 1.41. The van der Waals surface area contributed by atoms with Gasteiger partial charge in [-0.05, 0) is 39.0 Å². The topological polar surface area (TPSA) is 75.1 Å². The second kappa shape index (κ2) is 5.52. The van der Waals surface area contributed by atoms with Crippen molar-refractivity contribution in [3.63, 3.8) is 0 Å². The van der Waals surface area contributed by atoms with Crippen molar-refractivity contribution < 1.29 is 5.11 Å². The molecule has 5 radical (unpaired) electrons. The SMILES string of the molecule is Cc1cn(CCC(O)[C]2[CH][CH][CH][CH]2)c(=O)[nH]c1=O. The van der Waals surface area contributed by atoms with E-state index in [1.807, 2.05) is 25.7 Å². The highest BCUT2D eigenvalue weighted by molar-refractivity contribution is 5.37. The van der Waals surface area contributed by atoms with Crippen molar-refractivity contribution >= 4 is 0 Å². The van der Waals surface area contributed by atoms with Crippen LogP contribution in [0.3, 0.4) is 0 Å². The number of aromatic nitrogens is 2. The molecule has 0 aliphatic heterocycles. The molecule has 1 heterocycles. The van der Waals surface area contributed by atoms with E-state index in [4.69, 9.17) is 0 Å². The van der Waals surface area contributed by atoms with Crippen LogP contribution in [0.4, 0.5) is 0 Å². The first-order valence-electron chi connectivity index (χ1n) is 5.78. The number of aryl methyl sites for hydroxylation is 2. The Morgan fingerprint density at radius 3 is 2.67 bits per heavy atom. The van der Waals surface area contributed by atoms with Gasteiger partial charge in [0, 0.05) is 24.2 Å². The van der Waals surface area contributed by atoms with Crippen molar-refractivity contribution in [1.29, 1.82) is 0 Å². The average molecular weight is 247 g/mol. The Balaban J connectivity index is 1.99. The smallest absolute Gasteiger partial charge is 0.328 e. The van der Waals surface area contributed by atoms with Gasteiger partial charge in [0.25, 0.3) is 5.56 Å². The van der Waals surface area contributed by atoms with Crippen LogP contribution in [0.2, 0.25) is 0 Å². The standard InChI is InChI=1S/C13H15N2O3/c1-9-8-15(13(18)14-12(9)17)7-6-11(16)10-4-2-3-5-10/h2-5,8,11,16H,6-7H2,1H3,(H,14,17,18). The summed E-state index contributed by atoms with van der Waals surface area (Å²) in [5, 5.41) is 9.90. The molecule has 95 valence electrons.